The Labute approximate surface area is 97.6 Å². The summed E-state index contributed by atoms with van der Waals surface area (Å²) in [5.41, 5.74) is 0.776. The third-order valence-electron chi connectivity index (χ3n) is 2.37. The molecule has 2 aromatic rings. The van der Waals surface area contributed by atoms with Crippen molar-refractivity contribution in [2.75, 3.05) is 7.11 Å². The van der Waals surface area contributed by atoms with Gasteiger partial charge in [0.05, 0.1) is 18.6 Å². The lowest BCUT2D eigenvalue weighted by molar-refractivity contribution is -0.384. The number of nitro groups is 1. The summed E-state index contributed by atoms with van der Waals surface area (Å²) in [6.07, 6.45) is 3.45. The van der Waals surface area contributed by atoms with E-state index in [9.17, 15) is 10.1 Å². The Kier molecular flexibility index (Phi) is 3.04. The maximum atomic E-state index is 10.7. The summed E-state index contributed by atoms with van der Waals surface area (Å²) in [5, 5.41) is 14.8. The third-order valence-corrected chi connectivity index (χ3v) is 2.37. The van der Waals surface area contributed by atoms with Crippen LogP contribution in [0.1, 0.15) is 5.56 Å². The molecule has 1 heterocycles. The van der Waals surface area contributed by atoms with Crippen molar-refractivity contribution in [2.45, 2.75) is 6.54 Å². The molecule has 0 aliphatic carbocycles. The van der Waals surface area contributed by atoms with Gasteiger partial charge in [-0.15, -0.1) is 0 Å². The lowest BCUT2D eigenvalue weighted by Crippen LogP contribution is -2.03. The molecule has 0 aliphatic heterocycles. The molecule has 0 unspecified atom stereocenters. The molecule has 0 fully saturated rings. The fourth-order valence-electron chi connectivity index (χ4n) is 1.57. The Morgan fingerprint density at radius 3 is 2.94 bits per heavy atom. The first kappa shape index (κ1) is 11.1. The van der Waals surface area contributed by atoms with E-state index in [0.29, 0.717) is 12.3 Å². The molecule has 1 aromatic carbocycles. The van der Waals surface area contributed by atoms with Crippen LogP contribution in [0.2, 0.25) is 0 Å². The summed E-state index contributed by atoms with van der Waals surface area (Å²) < 4.78 is 6.85. The van der Waals surface area contributed by atoms with E-state index in [1.54, 1.807) is 29.2 Å². The van der Waals surface area contributed by atoms with Crippen LogP contribution in [0.3, 0.4) is 0 Å². The first-order valence-electron chi connectivity index (χ1n) is 4.99. The van der Waals surface area contributed by atoms with Crippen molar-refractivity contribution in [3.8, 4) is 5.75 Å². The Morgan fingerprint density at radius 1 is 1.53 bits per heavy atom. The SMILES string of the molecule is COc1ccc([N+](=O)[O-])cc1Cn1cccn1. The van der Waals surface area contributed by atoms with Gasteiger partial charge in [-0.1, -0.05) is 0 Å². The fourth-order valence-corrected chi connectivity index (χ4v) is 1.57. The Morgan fingerprint density at radius 2 is 2.35 bits per heavy atom. The van der Waals surface area contributed by atoms with E-state index >= 15 is 0 Å². The summed E-state index contributed by atoms with van der Waals surface area (Å²) in [6.45, 7) is 0.442. The minimum atomic E-state index is -0.425. The molecule has 0 saturated carbocycles. The topological polar surface area (TPSA) is 70.2 Å². The average Bonchev–Trinajstić information content (AvgIpc) is 2.81. The van der Waals surface area contributed by atoms with Crippen LogP contribution in [0.5, 0.6) is 5.75 Å². The lowest BCUT2D eigenvalue weighted by atomic mass is 10.2. The standard InChI is InChI=1S/C11H11N3O3/c1-17-11-4-3-10(14(15)16)7-9(11)8-13-6-2-5-12-13/h2-7H,8H2,1H3. The minimum absolute atomic E-state index is 0.0490. The molecule has 88 valence electrons. The molecule has 17 heavy (non-hydrogen) atoms. The summed E-state index contributed by atoms with van der Waals surface area (Å²) in [4.78, 5) is 10.3. The van der Waals surface area contributed by atoms with E-state index < -0.39 is 4.92 Å². The first-order valence-corrected chi connectivity index (χ1v) is 4.99. The zero-order valence-corrected chi connectivity index (χ0v) is 9.24. The van der Waals surface area contributed by atoms with E-state index in [-0.39, 0.29) is 5.69 Å². The van der Waals surface area contributed by atoms with E-state index in [1.165, 1.54) is 19.2 Å². The van der Waals surface area contributed by atoms with Crippen molar-refractivity contribution in [1.29, 1.82) is 0 Å². The van der Waals surface area contributed by atoms with Gasteiger partial charge in [0.1, 0.15) is 5.75 Å². The van der Waals surface area contributed by atoms with Crippen molar-refractivity contribution in [1.82, 2.24) is 9.78 Å². The van der Waals surface area contributed by atoms with E-state index in [2.05, 4.69) is 5.10 Å². The van der Waals surface area contributed by atoms with Crippen molar-refractivity contribution in [3.63, 3.8) is 0 Å². The number of methoxy groups -OCH3 is 1. The number of nitrogens with zero attached hydrogens (tertiary/aromatic N) is 3. The molecule has 0 aliphatic rings. The smallest absolute Gasteiger partial charge is 0.270 e. The molecule has 6 nitrogen and oxygen atoms in total. The molecule has 0 saturated heterocycles. The second kappa shape index (κ2) is 4.65. The number of non-ortho nitro benzene ring substituents is 1. The molecule has 0 bridgehead atoms. The number of aromatic nitrogens is 2. The highest BCUT2D eigenvalue weighted by molar-refractivity contribution is 5.43. The molecular weight excluding hydrogens is 222 g/mol. The number of rotatable bonds is 4. The van der Waals surface area contributed by atoms with Crippen molar-refractivity contribution >= 4 is 5.69 Å². The molecule has 0 atom stereocenters. The van der Waals surface area contributed by atoms with Gasteiger partial charge < -0.3 is 4.74 Å². The summed E-state index contributed by atoms with van der Waals surface area (Å²) in [7, 11) is 1.54. The predicted molar refractivity (Wildman–Crippen MR) is 61.0 cm³/mol. The van der Waals surface area contributed by atoms with Gasteiger partial charge in [-0.3, -0.25) is 14.8 Å². The maximum Gasteiger partial charge on any atom is 0.270 e. The zero-order chi connectivity index (χ0) is 12.3. The monoisotopic (exact) mass is 233 g/mol. The summed E-state index contributed by atoms with van der Waals surface area (Å²) >= 11 is 0. The van der Waals surface area contributed by atoms with Crippen LogP contribution >= 0.6 is 0 Å². The third kappa shape index (κ3) is 2.41. The van der Waals surface area contributed by atoms with Crippen LogP contribution in [-0.2, 0) is 6.54 Å². The highest BCUT2D eigenvalue weighted by atomic mass is 16.6. The molecular formula is C11H11N3O3. The molecule has 0 amide bonds. The highest BCUT2D eigenvalue weighted by Gasteiger charge is 2.11. The van der Waals surface area contributed by atoms with Crippen LogP contribution in [-0.4, -0.2) is 21.8 Å². The lowest BCUT2D eigenvalue weighted by Gasteiger charge is -2.08. The van der Waals surface area contributed by atoms with Crippen molar-refractivity contribution in [3.05, 3.63) is 52.3 Å². The second-order valence-electron chi connectivity index (χ2n) is 3.46. The van der Waals surface area contributed by atoms with E-state index in [0.717, 1.165) is 5.56 Å². The first-order chi connectivity index (χ1) is 8.20. The number of hydrogen-bond acceptors (Lipinski definition) is 4. The van der Waals surface area contributed by atoms with Crippen LogP contribution in [0.25, 0.3) is 0 Å². The number of ether oxygens (including phenoxy) is 1. The highest BCUT2D eigenvalue weighted by Crippen LogP contribution is 2.24. The second-order valence-corrected chi connectivity index (χ2v) is 3.46. The van der Waals surface area contributed by atoms with Gasteiger partial charge in [0.25, 0.3) is 5.69 Å². The predicted octanol–water partition coefficient (Wildman–Crippen LogP) is 1.85. The van der Waals surface area contributed by atoms with Crippen LogP contribution in [0.4, 0.5) is 5.69 Å². The van der Waals surface area contributed by atoms with Gasteiger partial charge in [0.15, 0.2) is 0 Å². The summed E-state index contributed by atoms with van der Waals surface area (Å²) in [6, 6.07) is 6.31. The molecule has 0 N–H and O–H groups in total. The molecule has 2 rings (SSSR count). The Balaban J connectivity index is 2.35. The molecule has 0 radical (unpaired) electrons. The number of nitro benzene ring substituents is 1. The molecule has 0 spiro atoms. The van der Waals surface area contributed by atoms with Crippen LogP contribution in [0, 0.1) is 10.1 Å². The quantitative estimate of drug-likeness (QED) is 0.596. The van der Waals surface area contributed by atoms with Crippen LogP contribution < -0.4 is 4.74 Å². The van der Waals surface area contributed by atoms with Crippen LogP contribution in [0.15, 0.2) is 36.7 Å². The van der Waals surface area contributed by atoms with Gasteiger partial charge >= 0.3 is 0 Å². The molecule has 1 aromatic heterocycles. The average molecular weight is 233 g/mol. The zero-order valence-electron chi connectivity index (χ0n) is 9.24. The Hall–Kier alpha value is -2.37. The maximum absolute atomic E-state index is 10.7. The van der Waals surface area contributed by atoms with E-state index in [1.807, 2.05) is 0 Å². The minimum Gasteiger partial charge on any atom is -0.496 e. The van der Waals surface area contributed by atoms with Gasteiger partial charge in [-0.25, -0.2) is 0 Å². The summed E-state index contributed by atoms with van der Waals surface area (Å²) in [5.74, 6) is 0.617. The normalized spacial score (nSPS) is 10.2. The van der Waals surface area contributed by atoms with Crippen molar-refractivity contribution < 1.29 is 9.66 Å². The van der Waals surface area contributed by atoms with Gasteiger partial charge in [0, 0.05) is 30.1 Å². The number of hydrogen-bond donors (Lipinski definition) is 0. The Bertz CT molecular complexity index is 523. The fraction of sp³-hybridized carbons (Fsp3) is 0.182. The number of benzene rings is 1. The van der Waals surface area contributed by atoms with Crippen molar-refractivity contribution in [2.24, 2.45) is 0 Å². The van der Waals surface area contributed by atoms with Gasteiger partial charge in [0.2, 0.25) is 0 Å². The van der Waals surface area contributed by atoms with Gasteiger partial charge in [-0.2, -0.15) is 5.10 Å². The van der Waals surface area contributed by atoms with E-state index in [4.69, 9.17) is 4.74 Å². The largest absolute Gasteiger partial charge is 0.496 e. The molecule has 6 heteroatoms. The van der Waals surface area contributed by atoms with Gasteiger partial charge in [-0.05, 0) is 12.1 Å².